The maximum absolute atomic E-state index is 13.0. The Kier molecular flexibility index (Phi) is 6.02. The Balaban J connectivity index is 1.37. The quantitative estimate of drug-likeness (QED) is 0.392. The molecule has 0 aliphatic rings. The average Bonchev–Trinajstić information content (AvgIpc) is 3.27. The van der Waals surface area contributed by atoms with Gasteiger partial charge in [0.1, 0.15) is 12.4 Å². The summed E-state index contributed by atoms with van der Waals surface area (Å²) in [5.74, 6) is -0.589. The molecule has 0 amide bonds. The van der Waals surface area contributed by atoms with E-state index in [1.807, 2.05) is 24.3 Å². The van der Waals surface area contributed by atoms with Crippen LogP contribution in [-0.2, 0) is 26.2 Å². The van der Waals surface area contributed by atoms with E-state index in [0.29, 0.717) is 11.3 Å². The molecule has 0 aliphatic carbocycles. The van der Waals surface area contributed by atoms with E-state index in [4.69, 9.17) is 9.15 Å². The number of benzene rings is 3. The Hall–Kier alpha value is -3.56. The van der Waals surface area contributed by atoms with Gasteiger partial charge < -0.3 is 9.15 Å². The van der Waals surface area contributed by atoms with Crippen molar-refractivity contribution < 1.29 is 26.8 Å². The second kappa shape index (κ2) is 8.89. The van der Waals surface area contributed by atoms with E-state index in [-0.39, 0.29) is 23.2 Å². The Morgan fingerprint density at radius 2 is 1.78 bits per heavy atom. The standard InChI is InChI=1S/C23H19FN2O5S/c1-26(32(28,29)20-11-8-16-4-2-3-5-18(16)12-20)14-23(27)30-15-22-25-13-21(31-22)17-6-9-19(24)10-7-17/h2-13H,14-15H2,1H3. The van der Waals surface area contributed by atoms with Gasteiger partial charge in [0.05, 0.1) is 11.1 Å². The first-order valence-electron chi connectivity index (χ1n) is 9.64. The molecule has 7 nitrogen and oxygen atoms in total. The van der Waals surface area contributed by atoms with Crippen LogP contribution in [0.3, 0.4) is 0 Å². The summed E-state index contributed by atoms with van der Waals surface area (Å²) >= 11 is 0. The lowest BCUT2D eigenvalue weighted by molar-refractivity contribution is -0.145. The lowest BCUT2D eigenvalue weighted by Gasteiger charge is -2.16. The van der Waals surface area contributed by atoms with Crippen LogP contribution in [-0.4, -0.2) is 37.3 Å². The zero-order valence-electron chi connectivity index (χ0n) is 17.1. The number of carbonyl (C=O) groups is 1. The fraction of sp³-hybridized carbons (Fsp3) is 0.130. The molecule has 164 valence electrons. The van der Waals surface area contributed by atoms with Crippen LogP contribution in [0.4, 0.5) is 4.39 Å². The van der Waals surface area contributed by atoms with E-state index >= 15 is 0 Å². The molecule has 0 fully saturated rings. The lowest BCUT2D eigenvalue weighted by atomic mass is 10.1. The highest BCUT2D eigenvalue weighted by Crippen LogP contribution is 2.22. The van der Waals surface area contributed by atoms with Crippen LogP contribution in [0.2, 0.25) is 0 Å². The van der Waals surface area contributed by atoms with Gasteiger partial charge in [-0.05, 0) is 47.2 Å². The van der Waals surface area contributed by atoms with Gasteiger partial charge in [0.25, 0.3) is 0 Å². The number of esters is 1. The predicted octanol–water partition coefficient (Wildman–Crippen LogP) is 4.00. The summed E-state index contributed by atoms with van der Waals surface area (Å²) < 4.78 is 50.2. The topological polar surface area (TPSA) is 89.7 Å². The maximum atomic E-state index is 13.0. The van der Waals surface area contributed by atoms with Crippen molar-refractivity contribution in [3.8, 4) is 11.3 Å². The lowest BCUT2D eigenvalue weighted by Crippen LogP contribution is -2.33. The van der Waals surface area contributed by atoms with Crippen molar-refractivity contribution in [2.45, 2.75) is 11.5 Å². The maximum Gasteiger partial charge on any atom is 0.321 e. The molecule has 32 heavy (non-hydrogen) atoms. The summed E-state index contributed by atoms with van der Waals surface area (Å²) in [6.45, 7) is -0.732. The highest BCUT2D eigenvalue weighted by atomic mass is 32.2. The molecule has 0 atom stereocenters. The first-order valence-corrected chi connectivity index (χ1v) is 11.1. The highest BCUT2D eigenvalue weighted by molar-refractivity contribution is 7.89. The molecule has 4 aromatic rings. The molecule has 3 aromatic carbocycles. The molecule has 0 aliphatic heterocycles. The van der Waals surface area contributed by atoms with Gasteiger partial charge in [0, 0.05) is 12.6 Å². The SMILES string of the molecule is CN(CC(=O)OCc1ncc(-c2ccc(F)cc2)o1)S(=O)(=O)c1ccc2ccccc2c1. The van der Waals surface area contributed by atoms with Gasteiger partial charge in [0.15, 0.2) is 12.4 Å². The van der Waals surface area contributed by atoms with E-state index in [9.17, 15) is 17.6 Å². The largest absolute Gasteiger partial charge is 0.455 e. The summed E-state index contributed by atoms with van der Waals surface area (Å²) in [5, 5.41) is 1.70. The fourth-order valence-corrected chi connectivity index (χ4v) is 4.24. The van der Waals surface area contributed by atoms with Crippen LogP contribution >= 0.6 is 0 Å². The van der Waals surface area contributed by atoms with Gasteiger partial charge in [-0.1, -0.05) is 30.3 Å². The Morgan fingerprint density at radius 1 is 1.06 bits per heavy atom. The minimum atomic E-state index is -3.88. The van der Waals surface area contributed by atoms with Crippen molar-refractivity contribution >= 4 is 26.8 Å². The summed E-state index contributed by atoms with van der Waals surface area (Å²) in [6, 6.07) is 17.9. The normalized spacial score (nSPS) is 11.7. The number of aromatic nitrogens is 1. The number of fused-ring (bicyclic) bond motifs is 1. The summed E-state index contributed by atoms with van der Waals surface area (Å²) in [5.41, 5.74) is 0.623. The Labute approximate surface area is 184 Å². The highest BCUT2D eigenvalue weighted by Gasteiger charge is 2.24. The molecule has 0 spiro atoms. The third-order valence-electron chi connectivity index (χ3n) is 4.82. The summed E-state index contributed by atoms with van der Waals surface area (Å²) in [6.07, 6.45) is 1.44. The van der Waals surface area contributed by atoms with Crippen molar-refractivity contribution in [3.05, 3.63) is 84.6 Å². The van der Waals surface area contributed by atoms with E-state index < -0.39 is 22.5 Å². The number of hydrogen-bond donors (Lipinski definition) is 0. The van der Waals surface area contributed by atoms with Crippen molar-refractivity contribution in [3.63, 3.8) is 0 Å². The molecule has 0 saturated carbocycles. The number of sulfonamides is 1. The zero-order valence-corrected chi connectivity index (χ0v) is 17.9. The van der Waals surface area contributed by atoms with E-state index in [1.54, 1.807) is 12.1 Å². The second-order valence-electron chi connectivity index (χ2n) is 7.06. The van der Waals surface area contributed by atoms with Crippen LogP contribution in [0.5, 0.6) is 0 Å². The molecule has 0 N–H and O–H groups in total. The third kappa shape index (κ3) is 4.68. The number of halogens is 1. The number of ether oxygens (including phenoxy) is 1. The van der Waals surface area contributed by atoms with Crippen LogP contribution in [0.25, 0.3) is 22.1 Å². The number of oxazole rings is 1. The molecule has 4 rings (SSSR count). The molecule has 0 unspecified atom stereocenters. The minimum Gasteiger partial charge on any atom is -0.455 e. The number of carbonyl (C=O) groups excluding carboxylic acids is 1. The fourth-order valence-electron chi connectivity index (χ4n) is 3.09. The van der Waals surface area contributed by atoms with Crippen molar-refractivity contribution in [2.24, 2.45) is 0 Å². The van der Waals surface area contributed by atoms with Gasteiger partial charge in [-0.15, -0.1) is 0 Å². The third-order valence-corrected chi connectivity index (χ3v) is 6.62. The Morgan fingerprint density at radius 3 is 2.53 bits per heavy atom. The van der Waals surface area contributed by atoms with Crippen LogP contribution in [0.15, 0.2) is 82.2 Å². The zero-order chi connectivity index (χ0) is 22.7. The Bertz CT molecular complexity index is 1370. The van der Waals surface area contributed by atoms with E-state index in [1.165, 1.54) is 43.6 Å². The van der Waals surface area contributed by atoms with E-state index in [2.05, 4.69) is 4.98 Å². The van der Waals surface area contributed by atoms with Crippen molar-refractivity contribution in [1.82, 2.24) is 9.29 Å². The molecule has 0 radical (unpaired) electrons. The first-order chi connectivity index (χ1) is 15.3. The van der Waals surface area contributed by atoms with E-state index in [0.717, 1.165) is 15.1 Å². The second-order valence-corrected chi connectivity index (χ2v) is 9.10. The molecule has 1 heterocycles. The van der Waals surface area contributed by atoms with Crippen LogP contribution in [0, 0.1) is 5.82 Å². The van der Waals surface area contributed by atoms with Crippen LogP contribution < -0.4 is 0 Å². The summed E-state index contributed by atoms with van der Waals surface area (Å²) in [4.78, 5) is 16.3. The molecule has 1 aromatic heterocycles. The van der Waals surface area contributed by atoms with Gasteiger partial charge in [-0.2, -0.15) is 4.31 Å². The smallest absolute Gasteiger partial charge is 0.321 e. The minimum absolute atomic E-state index is 0.0862. The van der Waals surface area contributed by atoms with Crippen molar-refractivity contribution in [1.29, 1.82) is 0 Å². The molecule has 0 saturated heterocycles. The number of hydrogen-bond acceptors (Lipinski definition) is 6. The number of likely N-dealkylation sites (N-methyl/N-ethyl adjacent to an activating group) is 1. The average molecular weight is 454 g/mol. The van der Waals surface area contributed by atoms with Crippen LogP contribution in [0.1, 0.15) is 5.89 Å². The van der Waals surface area contributed by atoms with Gasteiger partial charge in [-0.3, -0.25) is 4.79 Å². The number of rotatable bonds is 7. The van der Waals surface area contributed by atoms with Gasteiger partial charge >= 0.3 is 5.97 Å². The van der Waals surface area contributed by atoms with Crippen molar-refractivity contribution in [2.75, 3.05) is 13.6 Å². The predicted molar refractivity (Wildman–Crippen MR) is 115 cm³/mol. The molecular formula is C23H19FN2O5S. The van der Waals surface area contributed by atoms with Gasteiger partial charge in [0.2, 0.25) is 15.9 Å². The molecule has 0 bridgehead atoms. The first kappa shape index (κ1) is 21.7. The summed E-state index contributed by atoms with van der Waals surface area (Å²) in [7, 11) is -2.57. The molecular weight excluding hydrogens is 435 g/mol. The number of nitrogens with zero attached hydrogens (tertiary/aromatic N) is 2. The van der Waals surface area contributed by atoms with Gasteiger partial charge in [-0.25, -0.2) is 17.8 Å². The molecule has 9 heteroatoms. The monoisotopic (exact) mass is 454 g/mol.